The number of fused-ring (bicyclic) bond motifs is 14. The number of hydrogen-bond acceptors (Lipinski definition) is 3. The molecule has 16 rings (SSSR count). The lowest BCUT2D eigenvalue weighted by Gasteiger charge is -2.13. The maximum absolute atomic E-state index is 6.35. The number of rotatable bonds is 0. The van der Waals surface area contributed by atoms with E-state index in [1.807, 2.05) is 18.3 Å². The first-order chi connectivity index (χ1) is 54.3. The topological polar surface area (TPSA) is 41.1 Å². The number of furan rings is 2. The maximum Gasteiger partial charge on any atom is 0.138 e. The molecule has 10 aromatic carbocycles. The summed E-state index contributed by atoms with van der Waals surface area (Å²) in [4.78, 5) is 0. The van der Waals surface area contributed by atoms with E-state index in [4.69, 9.17) is 8.83 Å². The summed E-state index contributed by atoms with van der Waals surface area (Å²) in [6, 6.07) is 0. The number of hydrogen-bond donors (Lipinski definition) is 0. The smallest absolute Gasteiger partial charge is 0.138 e. The van der Waals surface area contributed by atoms with Crippen molar-refractivity contribution in [3.8, 4) is 0 Å². The van der Waals surface area contributed by atoms with Gasteiger partial charge in [0.1, 0.15) is 22.5 Å². The molecule has 0 saturated carbocycles. The fourth-order valence-corrected chi connectivity index (χ4v) is 21.9. The van der Waals surface area contributed by atoms with Crippen LogP contribution in [0.5, 0.6) is 0 Å². The number of aromatic nitrogens is 3. The van der Waals surface area contributed by atoms with Gasteiger partial charge in [-0.1, -0.05) is 0 Å². The third-order valence-electron chi connectivity index (χ3n) is 32.1. The maximum atomic E-state index is 6.35. The molecule has 0 aliphatic rings. The van der Waals surface area contributed by atoms with E-state index in [1.54, 1.807) is 0 Å². The summed E-state index contributed by atoms with van der Waals surface area (Å²) in [5.74, 6) is 1.04. The Morgan fingerprint density at radius 2 is 0.333 bits per heavy atom. The molecular weight excluding hydrogens is 1440 g/mol. The van der Waals surface area contributed by atoms with Crippen LogP contribution in [0.3, 0.4) is 0 Å². The fourth-order valence-electron chi connectivity index (χ4n) is 20.4. The third-order valence-corrected chi connectivity index (χ3v) is 33.5. The van der Waals surface area contributed by atoms with Crippen molar-refractivity contribution in [2.45, 2.75) is 305 Å². The molecule has 0 spiro atoms. The molecule has 0 aliphatic carbocycles. The Hall–Kier alpha value is -9.10. The molecule has 0 unspecified atom stereocenters. The summed E-state index contributed by atoms with van der Waals surface area (Å²) in [7, 11) is 6.63. The SMILES string of the molecule is Cc1c(C)c(C)c2c(c1C)c(C)c(C)n2C.Cc1c(C)c(C)c2c(c1C)c1c(C)c(C)c(C)c(C)c1n2C.Cc1c(C)c(C)c2c(c1C)c1c(C)c(C)c(C)c(C)c1n2C.Cc1c(C)c(C)c2c(oc3c(C)c(C)c(C)c(C)c32)c1C.Cc1c(C)c(C)c2c(sc3c(C)c(C)c(C)c(C)c32)c1C.Cc1oc2c(C)c(C)c(C)c(C)c2c1C. The van der Waals surface area contributed by atoms with Crippen LogP contribution >= 0.6 is 11.3 Å². The van der Waals surface area contributed by atoms with E-state index < -0.39 is 0 Å². The standard InChI is InChI=1S/2C21H27N.C20H24O.C20H24S.C15H21N.C14H18O/c2*1-10-12(3)16(7)20-18(14(10)5)19-15(6)11(2)13(4)17(8)21(19)22(20)9;2*1-9-11(3)15(7)19-17(13(9)5)18-14(6)10(2)12(4)16(8)20(18)21-19;1-8-9(2)11(4)15-14(10(8)3)12(5)13(6)16(15)7;1-7-8(2)10(4)14-13(9(7)3)11(5)12(6)15-14/h2*1-9H3;2*1-8H3;1-7H3;1-6H3. The fraction of sp³-hybridized carbons (Fsp3) is 0.423. The van der Waals surface area contributed by atoms with Crippen molar-refractivity contribution in [1.82, 2.24) is 13.7 Å². The van der Waals surface area contributed by atoms with Crippen molar-refractivity contribution in [2.24, 2.45) is 21.1 Å². The van der Waals surface area contributed by atoms with Crippen LogP contribution in [0.2, 0.25) is 0 Å². The molecule has 0 saturated heterocycles. The van der Waals surface area contributed by atoms with E-state index in [-0.39, 0.29) is 0 Å². The molecule has 6 heterocycles. The van der Waals surface area contributed by atoms with Crippen molar-refractivity contribution >= 4 is 119 Å². The van der Waals surface area contributed by atoms with Crippen molar-refractivity contribution < 1.29 is 8.83 Å². The molecule has 6 heteroatoms. The number of aryl methyl sites for hydroxylation is 26. The van der Waals surface area contributed by atoms with Crippen molar-refractivity contribution in [3.05, 3.63) is 245 Å². The van der Waals surface area contributed by atoms with E-state index in [0.717, 1.165) is 22.5 Å². The lowest BCUT2D eigenvalue weighted by Crippen LogP contribution is -1.97. The minimum absolute atomic E-state index is 1.04. The van der Waals surface area contributed by atoms with Gasteiger partial charge in [0.2, 0.25) is 0 Å². The Kier molecular flexibility index (Phi) is 23.9. The van der Waals surface area contributed by atoms with Gasteiger partial charge in [0.15, 0.2) is 0 Å². The van der Waals surface area contributed by atoms with E-state index in [0.29, 0.717) is 0 Å². The van der Waals surface area contributed by atoms with Crippen molar-refractivity contribution in [2.75, 3.05) is 0 Å². The zero-order chi connectivity index (χ0) is 87.8. The lowest BCUT2D eigenvalue weighted by molar-refractivity contribution is 0.572. The van der Waals surface area contributed by atoms with Crippen LogP contribution in [-0.2, 0) is 21.1 Å². The average molecular weight is 1580 g/mol. The van der Waals surface area contributed by atoms with Gasteiger partial charge in [-0.2, -0.15) is 0 Å². The third kappa shape index (κ3) is 13.2. The number of nitrogens with zero attached hydrogens (tertiary/aromatic N) is 3. The van der Waals surface area contributed by atoms with Crippen molar-refractivity contribution in [1.29, 1.82) is 0 Å². The highest BCUT2D eigenvalue weighted by Crippen LogP contribution is 2.49. The van der Waals surface area contributed by atoms with E-state index in [1.165, 1.54) is 330 Å². The first kappa shape index (κ1) is 88.7. The normalized spacial score (nSPS) is 11.7. The van der Waals surface area contributed by atoms with Gasteiger partial charge in [0.05, 0.1) is 27.6 Å². The van der Waals surface area contributed by atoms with Gasteiger partial charge < -0.3 is 22.5 Å². The molecule has 618 valence electrons. The summed E-state index contributed by atoms with van der Waals surface area (Å²) < 4.78 is 22.4. The summed E-state index contributed by atoms with van der Waals surface area (Å²) in [5.41, 5.74) is 70.8. The Bertz CT molecular complexity index is 6340. The van der Waals surface area contributed by atoms with Gasteiger partial charge in [-0.25, -0.2) is 0 Å². The van der Waals surface area contributed by atoms with Gasteiger partial charge in [-0.3, -0.25) is 0 Å². The van der Waals surface area contributed by atoms with Crippen LogP contribution in [-0.4, -0.2) is 13.7 Å². The Morgan fingerprint density at radius 1 is 0.145 bits per heavy atom. The van der Waals surface area contributed by atoms with Crippen LogP contribution in [0.15, 0.2) is 8.83 Å². The van der Waals surface area contributed by atoms with Crippen molar-refractivity contribution in [3.63, 3.8) is 0 Å². The van der Waals surface area contributed by atoms with Gasteiger partial charge in [0.25, 0.3) is 0 Å². The Morgan fingerprint density at radius 3 is 0.598 bits per heavy atom. The molecule has 0 aliphatic heterocycles. The first-order valence-corrected chi connectivity index (χ1v) is 43.7. The molecule has 0 atom stereocenters. The molecule has 6 aromatic heterocycles. The minimum atomic E-state index is 1.04. The highest BCUT2D eigenvalue weighted by molar-refractivity contribution is 7.26. The highest BCUT2D eigenvalue weighted by Gasteiger charge is 2.28. The van der Waals surface area contributed by atoms with Crippen LogP contribution in [0.1, 0.15) is 245 Å². The van der Waals surface area contributed by atoms with E-state index in [9.17, 15) is 0 Å². The average Bonchev–Trinajstić information content (AvgIpc) is 1.55. The second-order valence-electron chi connectivity index (χ2n) is 36.5. The monoisotopic (exact) mass is 1580 g/mol. The van der Waals surface area contributed by atoms with Gasteiger partial charge in [0, 0.05) is 90.1 Å². The quantitative estimate of drug-likeness (QED) is 0.152. The Balaban J connectivity index is 0.000000139. The summed E-state index contributed by atoms with van der Waals surface area (Å²) in [6.07, 6.45) is 0. The van der Waals surface area contributed by atoms with Crippen LogP contribution in [0.4, 0.5) is 0 Å². The summed E-state index contributed by atoms with van der Waals surface area (Å²) in [5, 5.41) is 14.2. The second kappa shape index (κ2) is 31.6. The second-order valence-corrected chi connectivity index (χ2v) is 37.5. The van der Waals surface area contributed by atoms with E-state index >= 15 is 0 Å². The van der Waals surface area contributed by atoms with Gasteiger partial charge in [-0.05, 0) is 538 Å². The number of benzene rings is 10. The summed E-state index contributed by atoms with van der Waals surface area (Å²) >= 11 is 1.99. The molecular formula is C111H141N3O2S. The predicted octanol–water partition coefficient (Wildman–Crippen LogP) is 32.5. The molecule has 0 amide bonds. The Labute approximate surface area is 707 Å². The van der Waals surface area contributed by atoms with Crippen LogP contribution < -0.4 is 0 Å². The zero-order valence-corrected chi connectivity index (χ0v) is 82.4. The zero-order valence-electron chi connectivity index (χ0n) is 81.6. The number of thiophene rings is 1. The first-order valence-electron chi connectivity index (χ1n) is 42.9. The lowest BCUT2D eigenvalue weighted by atomic mass is 9.90. The van der Waals surface area contributed by atoms with Gasteiger partial charge in [-0.15, -0.1) is 11.3 Å². The molecule has 117 heavy (non-hydrogen) atoms. The summed E-state index contributed by atoms with van der Waals surface area (Å²) in [6.45, 7) is 98.4. The molecule has 0 bridgehead atoms. The molecule has 0 radical (unpaired) electrons. The molecule has 0 N–H and O–H groups in total. The van der Waals surface area contributed by atoms with Gasteiger partial charge >= 0.3 is 0 Å². The molecule has 5 nitrogen and oxygen atoms in total. The minimum Gasteiger partial charge on any atom is -0.461 e. The predicted molar refractivity (Wildman–Crippen MR) is 521 cm³/mol. The molecule has 16 aromatic rings. The van der Waals surface area contributed by atoms with Crippen LogP contribution in [0, 0.1) is 305 Å². The van der Waals surface area contributed by atoms with E-state index in [2.05, 4.69) is 333 Å². The highest BCUT2D eigenvalue weighted by atomic mass is 32.1. The van der Waals surface area contributed by atoms with Crippen LogP contribution in [0.25, 0.3) is 108 Å². The largest absolute Gasteiger partial charge is 0.461 e. The molecule has 0 fully saturated rings.